The molecule has 0 radical (unpaired) electrons. The van der Waals surface area contributed by atoms with Gasteiger partial charge < -0.3 is 10.4 Å². The number of aliphatic hydroxyl groups is 1. The van der Waals surface area contributed by atoms with Gasteiger partial charge in [0.1, 0.15) is 0 Å². The number of nitrogens with one attached hydrogen (secondary N) is 1. The molecule has 21 heavy (non-hydrogen) atoms. The number of halogens is 5. The van der Waals surface area contributed by atoms with Crippen molar-refractivity contribution in [3.8, 4) is 0 Å². The van der Waals surface area contributed by atoms with Crippen LogP contribution in [0.5, 0.6) is 0 Å². The van der Waals surface area contributed by atoms with E-state index < -0.39 is 23.9 Å². The summed E-state index contributed by atoms with van der Waals surface area (Å²) in [7, 11) is 0. The maximum Gasteiger partial charge on any atom is 0.417 e. The van der Waals surface area contributed by atoms with Crippen LogP contribution in [-0.2, 0) is 6.18 Å². The minimum Gasteiger partial charge on any atom is -0.387 e. The Bertz CT molecular complexity index is 472. The van der Waals surface area contributed by atoms with Crippen molar-refractivity contribution in [2.45, 2.75) is 51.6 Å². The summed E-state index contributed by atoms with van der Waals surface area (Å²) in [6.07, 6.45) is -5.58. The molecule has 2 N–H and O–H groups in total. The smallest absolute Gasteiger partial charge is 0.387 e. The monoisotopic (exact) mass is 345 g/mol. The zero-order chi connectivity index (χ0) is 15.7. The van der Waals surface area contributed by atoms with Crippen LogP contribution in [0.3, 0.4) is 0 Å². The molecular formula is C14H20Cl2F3NO. The summed E-state index contributed by atoms with van der Waals surface area (Å²) in [5.41, 5.74) is -0.996. The number of rotatable bonds is 3. The van der Waals surface area contributed by atoms with Crippen molar-refractivity contribution in [2.75, 3.05) is 0 Å². The quantitative estimate of drug-likeness (QED) is 0.839. The van der Waals surface area contributed by atoms with Gasteiger partial charge in [0.25, 0.3) is 0 Å². The summed E-state index contributed by atoms with van der Waals surface area (Å²) in [6, 6.07) is 3.07. The largest absolute Gasteiger partial charge is 0.417 e. The molecule has 0 bridgehead atoms. The molecule has 2 atom stereocenters. The van der Waals surface area contributed by atoms with E-state index in [1.54, 1.807) is 6.92 Å². The lowest BCUT2D eigenvalue weighted by molar-refractivity contribution is -0.137. The third-order valence-electron chi connectivity index (χ3n) is 2.77. The van der Waals surface area contributed by atoms with Gasteiger partial charge in [0.05, 0.1) is 16.7 Å². The Kier molecular flexibility index (Phi) is 7.01. The average Bonchev–Trinajstić information content (AvgIpc) is 2.24. The van der Waals surface area contributed by atoms with Crippen LogP contribution in [0.2, 0.25) is 5.02 Å². The molecule has 0 spiro atoms. The van der Waals surface area contributed by atoms with E-state index in [1.807, 2.05) is 20.8 Å². The summed E-state index contributed by atoms with van der Waals surface area (Å²) in [4.78, 5) is 0. The van der Waals surface area contributed by atoms with Crippen LogP contribution >= 0.6 is 24.0 Å². The number of aliphatic hydroxyl groups excluding tert-OH is 1. The molecular weight excluding hydrogens is 326 g/mol. The highest BCUT2D eigenvalue weighted by Gasteiger charge is 2.34. The van der Waals surface area contributed by atoms with Crippen molar-refractivity contribution in [1.82, 2.24) is 5.32 Å². The molecule has 1 aromatic rings. The van der Waals surface area contributed by atoms with E-state index in [0.717, 1.165) is 12.1 Å². The molecule has 2 nitrogen and oxygen atoms in total. The maximum absolute atomic E-state index is 12.8. The second-order valence-corrected chi connectivity index (χ2v) is 6.27. The summed E-state index contributed by atoms with van der Waals surface area (Å²) in [5.74, 6) is 0. The Morgan fingerprint density at radius 2 is 1.71 bits per heavy atom. The number of hydrogen-bond acceptors (Lipinski definition) is 2. The van der Waals surface area contributed by atoms with Crippen molar-refractivity contribution >= 4 is 24.0 Å². The van der Waals surface area contributed by atoms with Crippen molar-refractivity contribution in [1.29, 1.82) is 0 Å². The van der Waals surface area contributed by atoms with E-state index >= 15 is 0 Å². The summed E-state index contributed by atoms with van der Waals surface area (Å²) in [5, 5.41) is 12.9. The van der Waals surface area contributed by atoms with E-state index in [9.17, 15) is 18.3 Å². The normalized spacial score (nSPS) is 15.3. The summed E-state index contributed by atoms with van der Waals surface area (Å²) in [6.45, 7) is 7.47. The average molecular weight is 346 g/mol. The van der Waals surface area contributed by atoms with E-state index in [-0.39, 0.29) is 28.5 Å². The van der Waals surface area contributed by atoms with Crippen LogP contribution in [0, 0.1) is 0 Å². The second-order valence-electron chi connectivity index (χ2n) is 5.86. The molecule has 1 aromatic carbocycles. The summed E-state index contributed by atoms with van der Waals surface area (Å²) < 4.78 is 38.3. The Labute approximate surface area is 134 Å². The Hall–Kier alpha value is -0.490. The minimum absolute atomic E-state index is 0. The number of alkyl halides is 3. The van der Waals surface area contributed by atoms with E-state index in [0.29, 0.717) is 0 Å². The fraction of sp³-hybridized carbons (Fsp3) is 0.571. The maximum atomic E-state index is 12.8. The molecule has 0 fully saturated rings. The van der Waals surface area contributed by atoms with Gasteiger partial charge in [-0.1, -0.05) is 17.7 Å². The van der Waals surface area contributed by atoms with Gasteiger partial charge in [-0.2, -0.15) is 13.2 Å². The molecule has 0 aliphatic heterocycles. The van der Waals surface area contributed by atoms with Gasteiger partial charge in [-0.15, -0.1) is 12.4 Å². The highest BCUT2D eigenvalue weighted by atomic mass is 35.5. The fourth-order valence-electron chi connectivity index (χ4n) is 1.99. The highest BCUT2D eigenvalue weighted by Crippen LogP contribution is 2.36. The first-order chi connectivity index (χ1) is 8.92. The van der Waals surface area contributed by atoms with Crippen LogP contribution in [0.25, 0.3) is 0 Å². The van der Waals surface area contributed by atoms with Crippen molar-refractivity contribution in [3.63, 3.8) is 0 Å². The van der Waals surface area contributed by atoms with Gasteiger partial charge >= 0.3 is 6.18 Å². The zero-order valence-corrected chi connectivity index (χ0v) is 13.8. The first kappa shape index (κ1) is 20.5. The van der Waals surface area contributed by atoms with E-state index in [4.69, 9.17) is 11.6 Å². The van der Waals surface area contributed by atoms with Gasteiger partial charge in [0.2, 0.25) is 0 Å². The molecule has 0 amide bonds. The van der Waals surface area contributed by atoms with Gasteiger partial charge in [-0.05, 0) is 45.4 Å². The predicted octanol–water partition coefficient (Wildman–Crippen LogP) is 4.59. The first-order valence-corrected chi connectivity index (χ1v) is 6.62. The Balaban J connectivity index is 0.00000400. The molecule has 1 rings (SSSR count). The molecule has 7 heteroatoms. The van der Waals surface area contributed by atoms with Gasteiger partial charge in [0.15, 0.2) is 0 Å². The summed E-state index contributed by atoms with van der Waals surface area (Å²) >= 11 is 5.55. The molecule has 0 aliphatic rings. The molecule has 0 unspecified atom stereocenters. The SMILES string of the molecule is C[C@@H](NC(C)(C)C)[C@H](O)c1ccc(Cl)c(C(F)(F)F)c1.Cl. The van der Waals surface area contributed by atoms with Gasteiger partial charge in [-0.25, -0.2) is 0 Å². The molecule has 122 valence electrons. The highest BCUT2D eigenvalue weighted by molar-refractivity contribution is 6.31. The van der Waals surface area contributed by atoms with Crippen LogP contribution in [0.15, 0.2) is 18.2 Å². The Morgan fingerprint density at radius 1 is 1.19 bits per heavy atom. The van der Waals surface area contributed by atoms with Crippen LogP contribution < -0.4 is 5.32 Å². The van der Waals surface area contributed by atoms with E-state index in [2.05, 4.69) is 5.32 Å². The van der Waals surface area contributed by atoms with Gasteiger partial charge in [0, 0.05) is 11.6 Å². The topological polar surface area (TPSA) is 32.3 Å². The van der Waals surface area contributed by atoms with Gasteiger partial charge in [-0.3, -0.25) is 0 Å². The molecule has 0 aliphatic carbocycles. The number of benzene rings is 1. The standard InChI is InChI=1S/C14H19ClF3NO.ClH/c1-8(19-13(2,3)4)12(20)9-5-6-11(15)10(7-9)14(16,17)18;/h5-8,12,19-20H,1-4H3;1H/t8-,12+;/m1./s1. The lowest BCUT2D eigenvalue weighted by Gasteiger charge is -2.29. The first-order valence-electron chi connectivity index (χ1n) is 6.24. The molecule has 0 saturated carbocycles. The molecule has 0 heterocycles. The zero-order valence-electron chi connectivity index (χ0n) is 12.3. The van der Waals surface area contributed by atoms with Crippen LogP contribution in [0.4, 0.5) is 13.2 Å². The third-order valence-corrected chi connectivity index (χ3v) is 3.10. The van der Waals surface area contributed by atoms with Crippen LogP contribution in [0.1, 0.15) is 44.9 Å². The molecule has 0 aromatic heterocycles. The lowest BCUT2D eigenvalue weighted by atomic mass is 9.98. The fourth-order valence-corrected chi connectivity index (χ4v) is 2.22. The molecule has 0 saturated heterocycles. The Morgan fingerprint density at radius 3 is 2.14 bits per heavy atom. The predicted molar refractivity (Wildman–Crippen MR) is 81.0 cm³/mol. The van der Waals surface area contributed by atoms with Crippen LogP contribution in [-0.4, -0.2) is 16.7 Å². The second kappa shape index (κ2) is 7.18. The van der Waals surface area contributed by atoms with Crippen molar-refractivity contribution < 1.29 is 18.3 Å². The van der Waals surface area contributed by atoms with E-state index in [1.165, 1.54) is 6.07 Å². The van der Waals surface area contributed by atoms with Crippen molar-refractivity contribution in [3.05, 3.63) is 34.3 Å². The lowest BCUT2D eigenvalue weighted by Crippen LogP contribution is -2.45. The minimum atomic E-state index is -4.53. The third kappa shape index (κ3) is 6.02. The number of hydrogen-bond donors (Lipinski definition) is 2. The van der Waals surface area contributed by atoms with Crippen molar-refractivity contribution in [2.24, 2.45) is 0 Å².